The molecular formula is C15H18N6O. The molecule has 1 fully saturated rings. The van der Waals surface area contributed by atoms with Crippen molar-refractivity contribution < 1.29 is 4.79 Å². The second-order valence-corrected chi connectivity index (χ2v) is 6.00. The summed E-state index contributed by atoms with van der Waals surface area (Å²) in [4.78, 5) is 19.1. The van der Waals surface area contributed by atoms with Gasteiger partial charge in [-0.1, -0.05) is 12.5 Å². The van der Waals surface area contributed by atoms with E-state index in [1.165, 1.54) is 0 Å². The summed E-state index contributed by atoms with van der Waals surface area (Å²) in [5, 5.41) is 11.8. The molecule has 7 heteroatoms. The summed E-state index contributed by atoms with van der Waals surface area (Å²) in [6.45, 7) is 2.30. The van der Waals surface area contributed by atoms with E-state index in [-0.39, 0.29) is 11.8 Å². The van der Waals surface area contributed by atoms with Crippen LogP contribution in [0.15, 0.2) is 24.4 Å². The molecule has 0 aromatic carbocycles. The quantitative estimate of drug-likeness (QED) is 0.825. The van der Waals surface area contributed by atoms with Gasteiger partial charge in [-0.05, 0) is 35.4 Å². The van der Waals surface area contributed by atoms with Crippen LogP contribution in [0, 0.1) is 0 Å². The third kappa shape index (κ3) is 2.26. The van der Waals surface area contributed by atoms with E-state index in [2.05, 4.69) is 20.5 Å². The van der Waals surface area contributed by atoms with Gasteiger partial charge >= 0.3 is 0 Å². The second kappa shape index (κ2) is 5.47. The average Bonchev–Trinajstić information content (AvgIpc) is 2.86. The normalized spacial score (nSPS) is 21.8. The summed E-state index contributed by atoms with van der Waals surface area (Å²) in [5.74, 6) is 1.04. The van der Waals surface area contributed by atoms with Gasteiger partial charge in [0.25, 0.3) is 0 Å². The predicted molar refractivity (Wildman–Crippen MR) is 78.0 cm³/mol. The van der Waals surface area contributed by atoms with Crippen molar-refractivity contribution in [2.24, 2.45) is 0 Å². The molecule has 114 valence electrons. The lowest BCUT2D eigenvalue weighted by molar-refractivity contribution is -0.137. The molecule has 1 amide bonds. The topological polar surface area (TPSA) is 76.8 Å². The Labute approximate surface area is 128 Å². The summed E-state index contributed by atoms with van der Waals surface area (Å²) in [6, 6.07) is 5.93. The number of tetrazole rings is 1. The Balaban J connectivity index is 1.46. The van der Waals surface area contributed by atoms with E-state index >= 15 is 0 Å². The van der Waals surface area contributed by atoms with Crippen molar-refractivity contribution in [1.82, 2.24) is 30.1 Å². The lowest BCUT2D eigenvalue weighted by atomic mass is 9.92. The minimum Gasteiger partial charge on any atom is -0.341 e. The van der Waals surface area contributed by atoms with E-state index in [0.29, 0.717) is 5.92 Å². The minimum atomic E-state index is -0.192. The second-order valence-electron chi connectivity index (χ2n) is 6.00. The number of carbonyl (C=O) groups excluding carboxylic acids is 1. The maximum absolute atomic E-state index is 12.8. The molecule has 2 aromatic heterocycles. The van der Waals surface area contributed by atoms with E-state index in [1.54, 1.807) is 10.9 Å². The highest BCUT2D eigenvalue weighted by molar-refractivity contribution is 5.83. The predicted octanol–water partition coefficient (Wildman–Crippen LogP) is 0.962. The fourth-order valence-corrected chi connectivity index (χ4v) is 3.28. The van der Waals surface area contributed by atoms with Crippen LogP contribution in [0.2, 0.25) is 0 Å². The maximum atomic E-state index is 12.8. The molecule has 4 rings (SSSR count). The Kier molecular flexibility index (Phi) is 3.32. The lowest BCUT2D eigenvalue weighted by Crippen LogP contribution is -2.50. The van der Waals surface area contributed by atoms with Crippen molar-refractivity contribution in [3.8, 4) is 0 Å². The van der Waals surface area contributed by atoms with Gasteiger partial charge in [0, 0.05) is 37.4 Å². The van der Waals surface area contributed by atoms with Gasteiger partial charge in [-0.3, -0.25) is 9.78 Å². The first-order chi connectivity index (χ1) is 10.8. The largest absolute Gasteiger partial charge is 0.341 e. The fourth-order valence-electron chi connectivity index (χ4n) is 3.28. The van der Waals surface area contributed by atoms with Crippen LogP contribution >= 0.6 is 0 Å². The molecule has 2 aromatic rings. The van der Waals surface area contributed by atoms with E-state index < -0.39 is 0 Å². The number of fused-ring (bicyclic) bond motifs is 1. The SMILES string of the molecule is O=C([C@H]1CCCCn2nnnc21)N1CC(c2ccccn2)C1. The molecule has 0 saturated carbocycles. The number of hydrogen-bond donors (Lipinski definition) is 0. The molecule has 1 saturated heterocycles. The van der Waals surface area contributed by atoms with Gasteiger partial charge in [0.2, 0.25) is 5.91 Å². The monoisotopic (exact) mass is 298 g/mol. The molecule has 4 heterocycles. The number of aromatic nitrogens is 5. The van der Waals surface area contributed by atoms with E-state index in [9.17, 15) is 4.79 Å². The number of amides is 1. The number of pyridine rings is 1. The fraction of sp³-hybridized carbons (Fsp3) is 0.533. The molecule has 7 nitrogen and oxygen atoms in total. The van der Waals surface area contributed by atoms with Gasteiger partial charge in [-0.15, -0.1) is 5.10 Å². The summed E-state index contributed by atoms with van der Waals surface area (Å²) in [5.41, 5.74) is 1.07. The Morgan fingerprint density at radius 2 is 2.14 bits per heavy atom. The van der Waals surface area contributed by atoms with Gasteiger partial charge < -0.3 is 4.90 Å². The van der Waals surface area contributed by atoms with E-state index in [4.69, 9.17) is 0 Å². The highest BCUT2D eigenvalue weighted by Gasteiger charge is 2.38. The number of nitrogens with zero attached hydrogens (tertiary/aromatic N) is 6. The molecular weight excluding hydrogens is 280 g/mol. The van der Waals surface area contributed by atoms with Crippen molar-refractivity contribution in [1.29, 1.82) is 0 Å². The van der Waals surface area contributed by atoms with Crippen LogP contribution in [0.3, 0.4) is 0 Å². The first-order valence-corrected chi connectivity index (χ1v) is 7.78. The zero-order valence-electron chi connectivity index (χ0n) is 12.3. The first-order valence-electron chi connectivity index (χ1n) is 7.78. The summed E-state index contributed by atoms with van der Waals surface area (Å²) in [7, 11) is 0. The van der Waals surface area contributed by atoms with Crippen molar-refractivity contribution >= 4 is 5.91 Å². The third-order valence-electron chi connectivity index (χ3n) is 4.58. The Morgan fingerprint density at radius 1 is 1.23 bits per heavy atom. The van der Waals surface area contributed by atoms with Crippen LogP contribution in [0.1, 0.15) is 42.6 Å². The zero-order valence-corrected chi connectivity index (χ0v) is 12.3. The first kappa shape index (κ1) is 13.4. The molecule has 2 aliphatic heterocycles. The third-order valence-corrected chi connectivity index (χ3v) is 4.58. The van der Waals surface area contributed by atoms with Gasteiger partial charge in [0.05, 0.1) is 5.92 Å². The van der Waals surface area contributed by atoms with Gasteiger partial charge in [0.1, 0.15) is 0 Å². The number of rotatable bonds is 2. The lowest BCUT2D eigenvalue weighted by Gasteiger charge is -2.40. The Bertz CT molecular complexity index is 664. The Morgan fingerprint density at radius 3 is 2.95 bits per heavy atom. The highest BCUT2D eigenvalue weighted by atomic mass is 16.2. The number of likely N-dealkylation sites (tertiary alicyclic amines) is 1. The molecule has 0 unspecified atom stereocenters. The molecule has 0 aliphatic carbocycles. The van der Waals surface area contributed by atoms with E-state index in [1.807, 2.05) is 23.1 Å². The molecule has 0 N–H and O–H groups in total. The molecule has 0 spiro atoms. The van der Waals surface area contributed by atoms with Crippen LogP contribution < -0.4 is 0 Å². The summed E-state index contributed by atoms with van der Waals surface area (Å²) < 4.78 is 1.78. The minimum absolute atomic E-state index is 0.158. The standard InChI is InChI=1S/C15H18N6O/c22-15(12-5-2-4-8-21-14(12)17-18-19-21)20-9-11(10-20)13-6-1-3-7-16-13/h1,3,6-7,11-12H,2,4-5,8-10H2/t12-/m0/s1. The van der Waals surface area contributed by atoms with Crippen LogP contribution in [0.25, 0.3) is 0 Å². The van der Waals surface area contributed by atoms with Gasteiger partial charge in [-0.2, -0.15) is 0 Å². The molecule has 22 heavy (non-hydrogen) atoms. The highest BCUT2D eigenvalue weighted by Crippen LogP contribution is 2.32. The van der Waals surface area contributed by atoms with Crippen molar-refractivity contribution in [3.63, 3.8) is 0 Å². The number of carbonyl (C=O) groups is 1. The molecule has 0 radical (unpaired) electrons. The van der Waals surface area contributed by atoms with Crippen LogP contribution in [0.4, 0.5) is 0 Å². The molecule has 0 bridgehead atoms. The zero-order chi connectivity index (χ0) is 14.9. The number of aryl methyl sites for hydroxylation is 1. The average molecular weight is 298 g/mol. The van der Waals surface area contributed by atoms with Crippen molar-refractivity contribution in [2.45, 2.75) is 37.6 Å². The Hall–Kier alpha value is -2.31. The van der Waals surface area contributed by atoms with Crippen molar-refractivity contribution in [3.05, 3.63) is 35.9 Å². The van der Waals surface area contributed by atoms with Gasteiger partial charge in [-0.25, -0.2) is 4.68 Å². The van der Waals surface area contributed by atoms with Gasteiger partial charge in [0.15, 0.2) is 5.82 Å². The molecule has 2 aliphatic rings. The van der Waals surface area contributed by atoms with Crippen molar-refractivity contribution in [2.75, 3.05) is 13.1 Å². The smallest absolute Gasteiger partial charge is 0.233 e. The maximum Gasteiger partial charge on any atom is 0.233 e. The molecule has 1 atom stereocenters. The summed E-state index contributed by atoms with van der Waals surface area (Å²) >= 11 is 0. The number of hydrogen-bond acceptors (Lipinski definition) is 5. The van der Waals surface area contributed by atoms with Crippen LogP contribution in [-0.2, 0) is 11.3 Å². The van der Waals surface area contributed by atoms with Crippen LogP contribution in [0.5, 0.6) is 0 Å². The van der Waals surface area contributed by atoms with Crippen LogP contribution in [-0.4, -0.2) is 49.1 Å². The van der Waals surface area contributed by atoms with E-state index in [0.717, 1.165) is 50.4 Å². The summed E-state index contributed by atoms with van der Waals surface area (Å²) in [6.07, 6.45) is 4.69.